The Hall–Kier alpha value is -3.47. The number of piperidine rings is 1. The Labute approximate surface area is 207 Å². The zero-order valence-electron chi connectivity index (χ0n) is 20.1. The first kappa shape index (κ1) is 24.6. The van der Waals surface area contributed by atoms with E-state index in [1.165, 1.54) is 22.2 Å². The topological polar surface area (TPSA) is 118 Å². The van der Waals surface area contributed by atoms with Gasteiger partial charge < -0.3 is 20.3 Å². The van der Waals surface area contributed by atoms with Crippen molar-refractivity contribution in [1.82, 2.24) is 25.2 Å². The highest BCUT2D eigenvalue weighted by Crippen LogP contribution is 2.29. The molecule has 11 heteroatoms. The average Bonchev–Trinajstić information content (AvgIpc) is 3.29. The molecule has 1 aliphatic heterocycles. The molecule has 1 aromatic carbocycles. The molecule has 35 heavy (non-hydrogen) atoms. The number of carbonyl (C=O) groups excluding carboxylic acids is 2. The van der Waals surface area contributed by atoms with Crippen molar-refractivity contribution < 1.29 is 14.3 Å². The lowest BCUT2D eigenvalue weighted by molar-refractivity contribution is -0.126. The first-order valence-electron chi connectivity index (χ1n) is 11.6. The van der Waals surface area contributed by atoms with Gasteiger partial charge in [0.15, 0.2) is 10.8 Å². The van der Waals surface area contributed by atoms with Gasteiger partial charge in [0.2, 0.25) is 11.8 Å². The van der Waals surface area contributed by atoms with Crippen LogP contribution in [-0.4, -0.2) is 52.6 Å². The molecule has 0 bridgehead atoms. The van der Waals surface area contributed by atoms with E-state index < -0.39 is 0 Å². The summed E-state index contributed by atoms with van der Waals surface area (Å²) in [4.78, 5) is 48.7. The van der Waals surface area contributed by atoms with E-state index in [0.29, 0.717) is 40.9 Å². The minimum absolute atomic E-state index is 0.00568. The third-order valence-corrected chi connectivity index (χ3v) is 6.97. The van der Waals surface area contributed by atoms with Crippen LogP contribution in [0.25, 0.3) is 10.3 Å². The summed E-state index contributed by atoms with van der Waals surface area (Å²) in [5, 5.41) is 6.51. The lowest BCUT2D eigenvalue weighted by Gasteiger charge is -2.31. The zero-order valence-corrected chi connectivity index (χ0v) is 20.9. The van der Waals surface area contributed by atoms with Gasteiger partial charge in [0, 0.05) is 31.6 Å². The molecule has 2 N–H and O–H groups in total. The molecule has 0 unspecified atom stereocenters. The summed E-state index contributed by atoms with van der Waals surface area (Å²) in [6.07, 6.45) is 2.83. The van der Waals surface area contributed by atoms with Crippen molar-refractivity contribution in [2.24, 2.45) is 5.92 Å². The lowest BCUT2D eigenvalue weighted by atomic mass is 9.96. The van der Waals surface area contributed by atoms with Gasteiger partial charge in [0.25, 0.3) is 5.56 Å². The number of nitrogens with one attached hydrogen (secondary N) is 2. The summed E-state index contributed by atoms with van der Waals surface area (Å²) in [7, 11) is 1.59. The van der Waals surface area contributed by atoms with Crippen LogP contribution in [0, 0.1) is 5.92 Å². The molecule has 0 radical (unpaired) electrons. The number of benzene rings is 1. The monoisotopic (exact) mass is 498 g/mol. The number of carbonyl (C=O) groups is 2. The molecule has 4 rings (SSSR count). The highest BCUT2D eigenvalue weighted by molar-refractivity contribution is 7.22. The molecule has 0 spiro atoms. The normalized spacial score (nSPS) is 14.3. The van der Waals surface area contributed by atoms with Gasteiger partial charge in [-0.25, -0.2) is 4.98 Å². The summed E-state index contributed by atoms with van der Waals surface area (Å²) < 4.78 is 6.92. The van der Waals surface area contributed by atoms with E-state index in [1.54, 1.807) is 7.11 Å². The molecule has 2 amide bonds. The Bertz CT molecular complexity index is 1260. The fraction of sp³-hybridized carbons (Fsp3) is 0.458. The molecule has 1 fully saturated rings. The number of aromatic nitrogens is 3. The number of amides is 2. The molecular formula is C24H30N6O4S. The first-order valence-corrected chi connectivity index (χ1v) is 12.5. The van der Waals surface area contributed by atoms with Gasteiger partial charge in [-0.2, -0.15) is 4.98 Å². The number of hydrogen-bond acceptors (Lipinski definition) is 8. The maximum Gasteiger partial charge on any atom is 0.273 e. The Morgan fingerprint density at radius 3 is 2.74 bits per heavy atom. The summed E-state index contributed by atoms with van der Waals surface area (Å²) in [6.45, 7) is 5.50. The van der Waals surface area contributed by atoms with Gasteiger partial charge in [-0.15, -0.1) is 0 Å². The molecule has 1 saturated heterocycles. The van der Waals surface area contributed by atoms with E-state index in [2.05, 4.69) is 25.5 Å². The first-order chi connectivity index (χ1) is 16.8. The highest BCUT2D eigenvalue weighted by atomic mass is 32.1. The van der Waals surface area contributed by atoms with E-state index in [-0.39, 0.29) is 35.9 Å². The summed E-state index contributed by atoms with van der Waals surface area (Å²) >= 11 is 1.28. The fourth-order valence-corrected chi connectivity index (χ4v) is 5.03. The number of hydrogen-bond donors (Lipinski definition) is 2. The average molecular weight is 499 g/mol. The van der Waals surface area contributed by atoms with Crippen molar-refractivity contribution in [2.75, 3.05) is 25.1 Å². The van der Waals surface area contributed by atoms with Gasteiger partial charge in [-0.3, -0.25) is 19.0 Å². The Balaban J connectivity index is 1.38. The SMILES string of the molecule is COc1cccc(CNC(=O)Cn2cnc3nc(N4CCC(C(=O)NC(C)C)CC4)sc3c2=O)c1. The van der Waals surface area contributed by atoms with E-state index in [9.17, 15) is 14.4 Å². The summed E-state index contributed by atoms with van der Waals surface area (Å²) in [6, 6.07) is 7.55. The molecule has 3 aromatic rings. The third kappa shape index (κ3) is 5.97. The number of anilines is 1. The van der Waals surface area contributed by atoms with Crippen LogP contribution in [-0.2, 0) is 22.7 Å². The highest BCUT2D eigenvalue weighted by Gasteiger charge is 2.27. The quantitative estimate of drug-likeness (QED) is 0.487. The zero-order chi connectivity index (χ0) is 24.9. The maximum atomic E-state index is 13.0. The second-order valence-corrected chi connectivity index (χ2v) is 9.86. The Morgan fingerprint density at radius 2 is 2.03 bits per heavy atom. The van der Waals surface area contributed by atoms with Gasteiger partial charge in [-0.1, -0.05) is 23.5 Å². The van der Waals surface area contributed by atoms with Gasteiger partial charge in [0.1, 0.15) is 23.3 Å². The largest absolute Gasteiger partial charge is 0.497 e. The number of ether oxygens (including phenoxy) is 1. The van der Waals surface area contributed by atoms with Crippen molar-refractivity contribution in [3.05, 3.63) is 46.5 Å². The maximum absolute atomic E-state index is 13.0. The van der Waals surface area contributed by atoms with Gasteiger partial charge in [0.05, 0.1) is 7.11 Å². The second kappa shape index (κ2) is 10.9. The standard InChI is InChI=1S/C24H30N6O4S/c1-15(2)27-22(32)17-7-9-29(10-8-17)24-28-21-20(35-24)23(33)30(14-26-21)13-19(31)25-12-16-5-4-6-18(11-16)34-3/h4-6,11,14-15,17H,7-10,12-13H2,1-3H3,(H,25,31)(H,27,32). The predicted molar refractivity (Wildman–Crippen MR) is 135 cm³/mol. The second-order valence-electron chi connectivity index (χ2n) is 8.88. The fourth-order valence-electron chi connectivity index (χ4n) is 4.01. The van der Waals surface area contributed by atoms with Crippen molar-refractivity contribution in [1.29, 1.82) is 0 Å². The van der Waals surface area contributed by atoms with Crippen molar-refractivity contribution in [2.45, 2.75) is 45.8 Å². The minimum atomic E-state index is -0.290. The number of nitrogens with zero attached hydrogens (tertiary/aromatic N) is 4. The number of methoxy groups -OCH3 is 1. The van der Waals surface area contributed by atoms with Crippen molar-refractivity contribution >= 4 is 38.6 Å². The van der Waals surface area contributed by atoms with Crippen LogP contribution in [0.15, 0.2) is 35.4 Å². The number of thiazole rings is 1. The Kier molecular flexibility index (Phi) is 7.64. The molecule has 2 aromatic heterocycles. The molecular weight excluding hydrogens is 468 g/mol. The van der Waals surface area contributed by atoms with E-state index >= 15 is 0 Å². The van der Waals surface area contributed by atoms with Crippen LogP contribution >= 0.6 is 11.3 Å². The summed E-state index contributed by atoms with van der Waals surface area (Å²) in [5.74, 6) is 0.515. The van der Waals surface area contributed by atoms with Gasteiger partial charge >= 0.3 is 0 Å². The molecule has 3 heterocycles. The van der Waals surface area contributed by atoms with Crippen LogP contribution in [0.1, 0.15) is 32.3 Å². The number of fused-ring (bicyclic) bond motifs is 1. The van der Waals surface area contributed by atoms with Crippen LogP contribution in [0.2, 0.25) is 0 Å². The number of rotatable bonds is 8. The lowest BCUT2D eigenvalue weighted by Crippen LogP contribution is -2.42. The summed E-state index contributed by atoms with van der Waals surface area (Å²) in [5.41, 5.74) is 0.986. The van der Waals surface area contributed by atoms with Crippen LogP contribution < -0.4 is 25.8 Å². The van der Waals surface area contributed by atoms with E-state index in [4.69, 9.17) is 4.74 Å². The molecule has 10 nitrogen and oxygen atoms in total. The van der Waals surface area contributed by atoms with Crippen molar-refractivity contribution in [3.63, 3.8) is 0 Å². The third-order valence-electron chi connectivity index (χ3n) is 5.88. The smallest absolute Gasteiger partial charge is 0.273 e. The molecule has 0 aliphatic carbocycles. The molecule has 0 saturated carbocycles. The van der Waals surface area contributed by atoms with Gasteiger partial charge in [-0.05, 0) is 44.4 Å². The molecule has 1 aliphatic rings. The molecule has 186 valence electrons. The van der Waals surface area contributed by atoms with Crippen LogP contribution in [0.4, 0.5) is 5.13 Å². The van der Waals surface area contributed by atoms with Crippen LogP contribution in [0.3, 0.4) is 0 Å². The predicted octanol–water partition coefficient (Wildman–Crippen LogP) is 1.92. The van der Waals surface area contributed by atoms with Crippen LogP contribution in [0.5, 0.6) is 5.75 Å². The van der Waals surface area contributed by atoms with E-state index in [1.807, 2.05) is 38.1 Å². The minimum Gasteiger partial charge on any atom is -0.497 e. The van der Waals surface area contributed by atoms with Crippen molar-refractivity contribution in [3.8, 4) is 5.75 Å². The molecule has 0 atom stereocenters. The Morgan fingerprint density at radius 1 is 1.26 bits per heavy atom. The van der Waals surface area contributed by atoms with E-state index in [0.717, 1.165) is 18.4 Å².